The number of hydrogen-bond acceptors (Lipinski definition) is 4. The summed E-state index contributed by atoms with van der Waals surface area (Å²) < 4.78 is 0. The van der Waals surface area contributed by atoms with Crippen molar-refractivity contribution in [3.05, 3.63) is 60.8 Å². The number of hydrogen-bond donors (Lipinski definition) is 2. The first kappa shape index (κ1) is 34.3. The van der Waals surface area contributed by atoms with Gasteiger partial charge in [-0.15, -0.1) is 0 Å². The minimum absolute atomic E-state index is 0.0898. The molecule has 0 amide bonds. The van der Waals surface area contributed by atoms with Crippen molar-refractivity contribution in [3.8, 4) is 0 Å². The number of carbonyl (C=O) groups is 2. The Bertz CT molecular complexity index is 765. The zero-order valence-electron chi connectivity index (χ0n) is 23.7. The zero-order valence-corrected chi connectivity index (χ0v) is 23.7. The molecule has 0 spiro atoms. The van der Waals surface area contributed by atoms with Crippen LogP contribution in [0, 0.1) is 5.41 Å². The maximum Gasteiger partial charge on any atom is 0.188 e. The minimum atomic E-state index is -0.0898. The van der Waals surface area contributed by atoms with Gasteiger partial charge in [0.05, 0.1) is 6.54 Å². The zero-order chi connectivity index (χ0) is 27.6. The van der Waals surface area contributed by atoms with E-state index in [1.165, 1.54) is 4.90 Å². The van der Waals surface area contributed by atoms with Crippen molar-refractivity contribution in [3.63, 3.8) is 0 Å². The van der Waals surface area contributed by atoms with Crippen molar-refractivity contribution in [1.82, 2.24) is 9.80 Å². The molecule has 0 saturated heterocycles. The lowest BCUT2D eigenvalue weighted by atomic mass is 10.1. The minimum Gasteiger partial charge on any atom is -0.370 e. The average Bonchev–Trinajstić information content (AvgIpc) is 2.85. The third-order valence-corrected chi connectivity index (χ3v) is 5.80. The summed E-state index contributed by atoms with van der Waals surface area (Å²) in [5.41, 5.74) is 5.35. The first-order chi connectivity index (χ1) is 17.9. The van der Waals surface area contributed by atoms with Crippen LogP contribution in [-0.2, 0) is 9.59 Å². The number of guanidine groups is 1. The maximum atomic E-state index is 12.1. The Morgan fingerprint density at radius 1 is 0.676 bits per heavy atom. The van der Waals surface area contributed by atoms with Crippen LogP contribution in [0.5, 0.6) is 0 Å². The van der Waals surface area contributed by atoms with Crippen LogP contribution >= 0.6 is 0 Å². The summed E-state index contributed by atoms with van der Waals surface area (Å²) in [4.78, 5) is 27.6. The Morgan fingerprint density at radius 3 is 1.59 bits per heavy atom. The lowest BCUT2D eigenvalue weighted by Crippen LogP contribution is -2.36. The molecule has 0 aliphatic heterocycles. The van der Waals surface area contributed by atoms with Crippen LogP contribution in [0.15, 0.2) is 60.8 Å². The van der Waals surface area contributed by atoms with Gasteiger partial charge < -0.3 is 15.5 Å². The van der Waals surface area contributed by atoms with Gasteiger partial charge in [-0.1, -0.05) is 67.7 Å². The smallest absolute Gasteiger partial charge is 0.188 e. The molecule has 208 valence electrons. The third kappa shape index (κ3) is 24.7. The number of unbranched alkanes of at least 4 members (excludes halogenated alkanes) is 1. The van der Waals surface area contributed by atoms with Crippen molar-refractivity contribution in [2.75, 3.05) is 33.7 Å². The predicted octanol–water partition coefficient (Wildman–Crippen LogP) is 6.36. The molecule has 0 rings (SSSR count). The average molecular weight is 513 g/mol. The second-order valence-electron chi connectivity index (χ2n) is 9.43. The highest BCUT2D eigenvalue weighted by molar-refractivity contribution is 5.85. The molecule has 6 heteroatoms. The fraction of sp³-hybridized carbons (Fsp3) is 0.581. The number of Topliss-reactive ketones (excluding diaryl/α,β-unsaturated/α-hetero) is 2. The molecule has 3 N–H and O–H groups in total. The summed E-state index contributed by atoms with van der Waals surface area (Å²) in [7, 11) is 3.67. The molecular weight excluding hydrogens is 460 g/mol. The first-order valence-electron chi connectivity index (χ1n) is 13.9. The van der Waals surface area contributed by atoms with Crippen molar-refractivity contribution in [2.45, 2.75) is 84.0 Å². The molecule has 0 saturated carbocycles. The van der Waals surface area contributed by atoms with Crippen molar-refractivity contribution in [2.24, 2.45) is 5.73 Å². The molecule has 0 heterocycles. The number of nitrogens with zero attached hydrogens (tertiary/aromatic N) is 2. The molecular formula is C31H52N4O2. The topological polar surface area (TPSA) is 90.5 Å². The van der Waals surface area contributed by atoms with E-state index in [4.69, 9.17) is 11.1 Å². The lowest BCUT2D eigenvalue weighted by molar-refractivity contribution is -0.120. The Hall–Kier alpha value is -2.73. The van der Waals surface area contributed by atoms with E-state index >= 15 is 0 Å². The van der Waals surface area contributed by atoms with Gasteiger partial charge in [-0.2, -0.15) is 0 Å². The highest BCUT2D eigenvalue weighted by Gasteiger charge is 2.08. The van der Waals surface area contributed by atoms with E-state index < -0.39 is 0 Å². The summed E-state index contributed by atoms with van der Waals surface area (Å²) in [5, 5.41) is 7.29. The second kappa shape index (κ2) is 24.9. The molecule has 0 fully saturated rings. The Morgan fingerprint density at radius 2 is 1.11 bits per heavy atom. The van der Waals surface area contributed by atoms with Gasteiger partial charge in [0.25, 0.3) is 0 Å². The van der Waals surface area contributed by atoms with Gasteiger partial charge in [0.1, 0.15) is 5.78 Å². The normalized spacial score (nSPS) is 12.3. The van der Waals surface area contributed by atoms with Crippen LogP contribution in [0.3, 0.4) is 0 Å². The number of likely N-dealkylation sites (N-methyl/N-ethyl adjacent to an activating group) is 1. The summed E-state index contributed by atoms with van der Waals surface area (Å²) >= 11 is 0. The molecule has 37 heavy (non-hydrogen) atoms. The van der Waals surface area contributed by atoms with Gasteiger partial charge >= 0.3 is 0 Å². The van der Waals surface area contributed by atoms with Crippen LogP contribution in [0.1, 0.15) is 84.0 Å². The second-order valence-corrected chi connectivity index (χ2v) is 9.43. The van der Waals surface area contributed by atoms with Gasteiger partial charge in [0.15, 0.2) is 11.7 Å². The molecule has 0 aromatic heterocycles. The highest BCUT2D eigenvalue weighted by atomic mass is 16.1. The molecule has 0 atom stereocenters. The van der Waals surface area contributed by atoms with Crippen molar-refractivity contribution < 1.29 is 9.59 Å². The number of allylic oxidation sites excluding steroid dienone is 10. The van der Waals surface area contributed by atoms with Gasteiger partial charge in [0.2, 0.25) is 0 Å². The van der Waals surface area contributed by atoms with Crippen LogP contribution in [0.2, 0.25) is 0 Å². The number of nitrogens with one attached hydrogen (secondary N) is 1. The Kier molecular flexibility index (Phi) is 23.1. The summed E-state index contributed by atoms with van der Waals surface area (Å²) in [5.74, 6) is 0.338. The van der Waals surface area contributed by atoms with Crippen molar-refractivity contribution >= 4 is 17.5 Å². The van der Waals surface area contributed by atoms with E-state index in [9.17, 15) is 9.59 Å². The number of nitrogens with two attached hydrogens (primary N) is 1. The van der Waals surface area contributed by atoms with Crippen molar-refractivity contribution in [1.29, 1.82) is 5.41 Å². The summed E-state index contributed by atoms with van der Waals surface area (Å²) in [6.07, 6.45) is 32.2. The van der Waals surface area contributed by atoms with Crippen LogP contribution < -0.4 is 5.73 Å². The van der Waals surface area contributed by atoms with Gasteiger partial charge in [-0.05, 0) is 77.9 Å². The molecule has 0 aromatic rings. The lowest BCUT2D eigenvalue weighted by Gasteiger charge is -2.17. The largest absolute Gasteiger partial charge is 0.370 e. The third-order valence-electron chi connectivity index (χ3n) is 5.80. The molecule has 0 aliphatic carbocycles. The maximum absolute atomic E-state index is 12.1. The summed E-state index contributed by atoms with van der Waals surface area (Å²) in [6, 6.07) is 0. The molecule has 0 aliphatic rings. The Labute approximate surface area is 226 Å². The molecule has 0 unspecified atom stereocenters. The number of ketones is 2. The highest BCUT2D eigenvalue weighted by Crippen LogP contribution is 2.05. The monoisotopic (exact) mass is 512 g/mol. The Balaban J connectivity index is 3.66. The first-order valence-corrected chi connectivity index (χ1v) is 13.9. The van der Waals surface area contributed by atoms with E-state index in [2.05, 4.69) is 72.6 Å². The standard InChI is InChI=1S/C31H52N4O2/c1-4-5-6-7-8-9-10-11-12-13-14-15-16-17-18-19-20-23-29(36)24-21-26-34(2)27-22-25-30(37)28-35(3)31(32)33/h5-6,8-9,11-12,14-15,17-18H,4,7,10,13,16,19-28H2,1-3H3,(H3,32,33)/b6-5-,9-8-,12-11-,15-14-,18-17-. The quantitative estimate of drug-likeness (QED) is 0.0719. The molecule has 0 aromatic carbocycles. The summed E-state index contributed by atoms with van der Waals surface area (Å²) in [6.45, 7) is 4.03. The van der Waals surface area contributed by atoms with E-state index in [-0.39, 0.29) is 18.3 Å². The van der Waals surface area contributed by atoms with E-state index in [0.29, 0.717) is 25.0 Å². The van der Waals surface area contributed by atoms with E-state index in [1.807, 2.05) is 7.05 Å². The van der Waals surface area contributed by atoms with Crippen LogP contribution in [0.4, 0.5) is 0 Å². The SMILES string of the molecule is CC/C=C\C/C=C\C/C=C\C/C=C\C/C=C\CCCC(=O)CCCN(C)CCCC(=O)CN(C)C(=N)N. The van der Waals surface area contributed by atoms with Crippen LogP contribution in [-0.4, -0.2) is 61.1 Å². The van der Waals surface area contributed by atoms with E-state index in [1.54, 1.807) is 7.05 Å². The van der Waals surface area contributed by atoms with E-state index in [0.717, 1.165) is 70.9 Å². The van der Waals surface area contributed by atoms with Crippen LogP contribution in [0.25, 0.3) is 0 Å². The van der Waals surface area contributed by atoms with Gasteiger partial charge in [-0.25, -0.2) is 0 Å². The fourth-order valence-electron chi connectivity index (χ4n) is 3.54. The number of carbonyl (C=O) groups excluding carboxylic acids is 2. The molecule has 0 radical (unpaired) electrons. The van der Waals surface area contributed by atoms with Gasteiger partial charge in [-0.3, -0.25) is 15.0 Å². The molecule has 6 nitrogen and oxygen atoms in total. The predicted molar refractivity (Wildman–Crippen MR) is 159 cm³/mol. The number of rotatable bonds is 23. The molecule has 0 bridgehead atoms. The van der Waals surface area contributed by atoms with Gasteiger partial charge in [0, 0.05) is 26.3 Å². The fourth-order valence-corrected chi connectivity index (χ4v) is 3.54.